The number of rotatable bonds is 5. The van der Waals surface area contributed by atoms with Crippen molar-refractivity contribution in [3.8, 4) is 11.8 Å². The van der Waals surface area contributed by atoms with E-state index in [1.54, 1.807) is 36.7 Å². The fourth-order valence-corrected chi connectivity index (χ4v) is 2.63. The van der Waals surface area contributed by atoms with Gasteiger partial charge in [0.1, 0.15) is 5.75 Å². The van der Waals surface area contributed by atoms with Crippen LogP contribution in [0.3, 0.4) is 0 Å². The molecular formula is C17H13N5O4S. The Morgan fingerprint density at radius 2 is 2.07 bits per heavy atom. The van der Waals surface area contributed by atoms with E-state index in [9.17, 15) is 9.59 Å². The second-order valence-electron chi connectivity index (χ2n) is 4.94. The first kappa shape index (κ1) is 18.3. The molecule has 1 aromatic carbocycles. The normalized spacial score (nSPS) is 16.7. The summed E-state index contributed by atoms with van der Waals surface area (Å²) in [6, 6.07) is 9.03. The molecule has 0 radical (unpaired) electrons. The van der Waals surface area contributed by atoms with Gasteiger partial charge in [-0.2, -0.15) is 5.10 Å². The molecule has 136 valence electrons. The van der Waals surface area contributed by atoms with Gasteiger partial charge in [-0.25, -0.2) is 14.8 Å². The number of amides is 1. The molecule has 2 aromatic rings. The van der Waals surface area contributed by atoms with Gasteiger partial charge in [-0.1, -0.05) is 12.1 Å². The Morgan fingerprint density at radius 3 is 2.85 bits per heavy atom. The number of amidine groups is 1. The van der Waals surface area contributed by atoms with E-state index in [1.807, 2.05) is 6.07 Å². The third kappa shape index (κ3) is 5.22. The zero-order chi connectivity index (χ0) is 19.1. The molecule has 1 aromatic heterocycles. The minimum Gasteiger partial charge on any atom is -0.466 e. The molecule has 9 nitrogen and oxygen atoms in total. The molecular weight excluding hydrogens is 370 g/mol. The molecule has 0 spiro atoms. The zero-order valence-electron chi connectivity index (χ0n) is 14.0. The monoisotopic (exact) mass is 383 g/mol. The summed E-state index contributed by atoms with van der Waals surface area (Å²) in [5.74, 6) is -0.501. The first-order valence-electron chi connectivity index (χ1n) is 7.59. The number of carbonyl (C=O) groups excluding carboxylic acids is 2. The highest BCUT2D eigenvalue weighted by molar-refractivity contribution is 8.18. The molecule has 0 bridgehead atoms. The summed E-state index contributed by atoms with van der Waals surface area (Å²) < 4.78 is 10.0. The molecule has 0 atom stereocenters. The van der Waals surface area contributed by atoms with Crippen molar-refractivity contribution in [3.63, 3.8) is 0 Å². The van der Waals surface area contributed by atoms with E-state index >= 15 is 0 Å². The lowest BCUT2D eigenvalue weighted by Crippen LogP contribution is -2.19. The van der Waals surface area contributed by atoms with Crippen molar-refractivity contribution >= 4 is 35.0 Å². The number of methoxy groups -OCH3 is 1. The van der Waals surface area contributed by atoms with Crippen LogP contribution in [0, 0.1) is 0 Å². The standard InChI is InChI=1S/C17H13N5O4S/c1-25-14(23)9-13-15(24)21-17(27-13)22-20-10-11-4-2-5-12(8-11)26-16-18-6-3-7-19-16/h2-10H,1H3,(H,21,22,24)/b13-9+,20-10?. The average molecular weight is 383 g/mol. The molecule has 1 fully saturated rings. The predicted molar refractivity (Wildman–Crippen MR) is 99.4 cm³/mol. The molecule has 1 aliphatic heterocycles. The van der Waals surface area contributed by atoms with Gasteiger partial charge in [0.2, 0.25) is 0 Å². The molecule has 0 aliphatic carbocycles. The third-order valence-corrected chi connectivity index (χ3v) is 3.97. The van der Waals surface area contributed by atoms with Crippen LogP contribution >= 0.6 is 11.8 Å². The van der Waals surface area contributed by atoms with E-state index in [0.29, 0.717) is 5.75 Å². The number of esters is 1. The highest BCUT2D eigenvalue weighted by atomic mass is 32.2. The van der Waals surface area contributed by atoms with Crippen LogP contribution in [0.4, 0.5) is 0 Å². The third-order valence-electron chi connectivity index (χ3n) is 3.07. The van der Waals surface area contributed by atoms with Crippen molar-refractivity contribution in [1.82, 2.24) is 15.3 Å². The predicted octanol–water partition coefficient (Wildman–Crippen LogP) is 1.88. The number of thioether (sulfide) groups is 1. The maximum atomic E-state index is 11.7. The van der Waals surface area contributed by atoms with Crippen LogP contribution in [-0.4, -0.2) is 40.3 Å². The van der Waals surface area contributed by atoms with Gasteiger partial charge in [0.05, 0.1) is 18.2 Å². The molecule has 0 saturated carbocycles. The minimum absolute atomic E-state index is 0.189. The summed E-state index contributed by atoms with van der Waals surface area (Å²) in [6.07, 6.45) is 5.76. The Morgan fingerprint density at radius 1 is 1.26 bits per heavy atom. The number of aromatic nitrogens is 2. The highest BCUT2D eigenvalue weighted by Crippen LogP contribution is 2.23. The largest absolute Gasteiger partial charge is 0.466 e. The number of nitrogens with zero attached hydrogens (tertiary/aromatic N) is 4. The van der Waals surface area contributed by atoms with Gasteiger partial charge in [0, 0.05) is 18.5 Å². The molecule has 1 amide bonds. The Labute approximate surface area is 158 Å². The van der Waals surface area contributed by atoms with Crippen molar-refractivity contribution in [2.75, 3.05) is 7.11 Å². The van der Waals surface area contributed by atoms with Crippen LogP contribution in [0.2, 0.25) is 0 Å². The number of nitrogens with one attached hydrogen (secondary N) is 1. The van der Waals surface area contributed by atoms with Crippen molar-refractivity contribution in [2.24, 2.45) is 10.2 Å². The van der Waals surface area contributed by atoms with Gasteiger partial charge in [-0.05, 0) is 35.5 Å². The molecule has 1 saturated heterocycles. The SMILES string of the molecule is COC(=O)/C=C1/S/C(=N\N=Cc2cccc(Oc3ncccn3)c2)NC1=O. The Hall–Kier alpha value is -3.53. The zero-order valence-corrected chi connectivity index (χ0v) is 14.8. The van der Waals surface area contributed by atoms with Crippen molar-refractivity contribution in [1.29, 1.82) is 0 Å². The lowest BCUT2D eigenvalue weighted by atomic mass is 10.2. The first-order chi connectivity index (χ1) is 13.1. The molecule has 27 heavy (non-hydrogen) atoms. The van der Waals surface area contributed by atoms with Crippen molar-refractivity contribution in [3.05, 3.63) is 59.3 Å². The molecule has 1 aliphatic rings. The van der Waals surface area contributed by atoms with Gasteiger partial charge in [0.25, 0.3) is 5.91 Å². The number of hydrogen-bond acceptors (Lipinski definition) is 9. The summed E-state index contributed by atoms with van der Waals surface area (Å²) in [5, 5.41) is 10.6. The van der Waals surface area contributed by atoms with E-state index in [4.69, 9.17) is 4.74 Å². The van der Waals surface area contributed by atoms with Crippen LogP contribution in [0.1, 0.15) is 5.56 Å². The van der Waals surface area contributed by atoms with Crippen LogP contribution in [0.15, 0.2) is 63.9 Å². The summed E-state index contributed by atoms with van der Waals surface area (Å²) in [6.45, 7) is 0. The van der Waals surface area contributed by atoms with Gasteiger partial charge in [-0.15, -0.1) is 5.10 Å². The van der Waals surface area contributed by atoms with Gasteiger partial charge >= 0.3 is 12.0 Å². The summed E-state index contributed by atoms with van der Waals surface area (Å²) in [4.78, 5) is 31.1. The average Bonchev–Trinajstić information content (AvgIpc) is 3.02. The molecule has 0 unspecified atom stereocenters. The molecule has 1 N–H and O–H groups in total. The van der Waals surface area contributed by atoms with Gasteiger partial charge in [0.15, 0.2) is 5.17 Å². The van der Waals surface area contributed by atoms with Gasteiger partial charge in [-0.3, -0.25) is 10.1 Å². The first-order valence-corrected chi connectivity index (χ1v) is 8.40. The van der Waals surface area contributed by atoms with Crippen molar-refractivity contribution < 1.29 is 19.1 Å². The van der Waals surface area contributed by atoms with Crippen molar-refractivity contribution in [2.45, 2.75) is 0 Å². The second-order valence-corrected chi connectivity index (χ2v) is 5.97. The van der Waals surface area contributed by atoms with Gasteiger partial charge < -0.3 is 9.47 Å². The number of hydrogen-bond donors (Lipinski definition) is 1. The maximum Gasteiger partial charge on any atom is 0.331 e. The quantitative estimate of drug-likeness (QED) is 0.363. The van der Waals surface area contributed by atoms with Crippen LogP contribution < -0.4 is 10.1 Å². The van der Waals surface area contributed by atoms with E-state index in [2.05, 4.69) is 30.2 Å². The van der Waals surface area contributed by atoms with E-state index in [0.717, 1.165) is 23.4 Å². The summed E-state index contributed by atoms with van der Waals surface area (Å²) >= 11 is 0.997. The van der Waals surface area contributed by atoms with Crippen LogP contribution in [-0.2, 0) is 14.3 Å². The number of benzene rings is 1. The van der Waals surface area contributed by atoms with E-state index in [-0.39, 0.29) is 16.1 Å². The molecule has 3 rings (SSSR count). The smallest absolute Gasteiger partial charge is 0.331 e. The lowest BCUT2D eigenvalue weighted by Gasteiger charge is -2.03. The Bertz CT molecular complexity index is 943. The summed E-state index contributed by atoms with van der Waals surface area (Å²) in [5.41, 5.74) is 0.729. The fraction of sp³-hybridized carbons (Fsp3) is 0.0588. The topological polar surface area (TPSA) is 115 Å². The maximum absolute atomic E-state index is 11.7. The van der Waals surface area contributed by atoms with E-state index in [1.165, 1.54) is 13.3 Å². The van der Waals surface area contributed by atoms with E-state index < -0.39 is 11.9 Å². The lowest BCUT2D eigenvalue weighted by molar-refractivity contribution is -0.135. The Kier molecular flexibility index (Phi) is 5.90. The number of ether oxygens (including phenoxy) is 2. The second kappa shape index (κ2) is 8.72. The summed E-state index contributed by atoms with van der Waals surface area (Å²) in [7, 11) is 1.23. The fourth-order valence-electron chi connectivity index (χ4n) is 1.89. The number of carbonyl (C=O) groups is 2. The molecule has 10 heteroatoms. The minimum atomic E-state index is -0.614. The highest BCUT2D eigenvalue weighted by Gasteiger charge is 2.24. The van der Waals surface area contributed by atoms with Crippen LogP contribution in [0.5, 0.6) is 11.8 Å². The molecule has 2 heterocycles. The van der Waals surface area contributed by atoms with Crippen LogP contribution in [0.25, 0.3) is 0 Å². The Balaban J connectivity index is 1.65.